The lowest BCUT2D eigenvalue weighted by Gasteiger charge is -2.26. The molecule has 2 rings (SSSR count). The van der Waals surface area contributed by atoms with Gasteiger partial charge >= 0.3 is 0 Å². The van der Waals surface area contributed by atoms with Gasteiger partial charge in [0.25, 0.3) is 0 Å². The fourth-order valence-electron chi connectivity index (χ4n) is 1.68. The summed E-state index contributed by atoms with van der Waals surface area (Å²) in [7, 11) is 0. The topological polar surface area (TPSA) is 26.3 Å². The standard InChI is InChI=1S/C12H14O2/c1-8-4-3-5-9(2)12(8)14-11-6-10(13)7-11/h3-5,11H,6-7H2,1-2H3. The molecule has 1 saturated carbocycles. The zero-order chi connectivity index (χ0) is 10.1. The molecule has 0 amide bonds. The van der Waals surface area contributed by atoms with Gasteiger partial charge in [-0.25, -0.2) is 0 Å². The molecule has 1 aliphatic rings. The van der Waals surface area contributed by atoms with Gasteiger partial charge in [0.1, 0.15) is 17.6 Å². The first-order valence-electron chi connectivity index (χ1n) is 4.91. The van der Waals surface area contributed by atoms with Gasteiger partial charge in [0, 0.05) is 12.8 Å². The molecule has 14 heavy (non-hydrogen) atoms. The first kappa shape index (κ1) is 9.25. The molecule has 0 radical (unpaired) electrons. The molecule has 2 heteroatoms. The Balaban J connectivity index is 2.12. The van der Waals surface area contributed by atoms with Gasteiger partial charge in [0.2, 0.25) is 0 Å². The maximum atomic E-state index is 10.8. The van der Waals surface area contributed by atoms with Crippen molar-refractivity contribution in [3.05, 3.63) is 29.3 Å². The second-order valence-electron chi connectivity index (χ2n) is 3.91. The number of aryl methyl sites for hydroxylation is 2. The van der Waals surface area contributed by atoms with Crippen molar-refractivity contribution in [2.24, 2.45) is 0 Å². The van der Waals surface area contributed by atoms with Gasteiger partial charge in [-0.1, -0.05) is 18.2 Å². The summed E-state index contributed by atoms with van der Waals surface area (Å²) in [4.78, 5) is 10.8. The van der Waals surface area contributed by atoms with Crippen molar-refractivity contribution >= 4 is 5.78 Å². The van der Waals surface area contributed by atoms with Crippen molar-refractivity contribution in [3.63, 3.8) is 0 Å². The van der Waals surface area contributed by atoms with Crippen molar-refractivity contribution in [2.75, 3.05) is 0 Å². The maximum Gasteiger partial charge on any atom is 0.140 e. The highest BCUT2D eigenvalue weighted by molar-refractivity contribution is 5.85. The van der Waals surface area contributed by atoms with Gasteiger partial charge in [-0.05, 0) is 25.0 Å². The third-order valence-corrected chi connectivity index (χ3v) is 2.60. The van der Waals surface area contributed by atoms with E-state index in [4.69, 9.17) is 4.74 Å². The van der Waals surface area contributed by atoms with E-state index < -0.39 is 0 Å². The largest absolute Gasteiger partial charge is 0.489 e. The molecular weight excluding hydrogens is 176 g/mol. The van der Waals surface area contributed by atoms with Crippen LogP contribution in [0, 0.1) is 13.8 Å². The molecule has 1 aliphatic carbocycles. The fraction of sp³-hybridized carbons (Fsp3) is 0.417. The SMILES string of the molecule is Cc1cccc(C)c1OC1CC(=O)C1. The molecule has 0 saturated heterocycles. The average Bonchev–Trinajstić information content (AvgIpc) is 2.08. The summed E-state index contributed by atoms with van der Waals surface area (Å²) < 4.78 is 5.76. The summed E-state index contributed by atoms with van der Waals surface area (Å²) in [6.07, 6.45) is 1.27. The summed E-state index contributed by atoms with van der Waals surface area (Å²) in [5.41, 5.74) is 2.29. The number of hydrogen-bond donors (Lipinski definition) is 0. The van der Waals surface area contributed by atoms with E-state index in [1.807, 2.05) is 32.0 Å². The number of rotatable bonds is 2. The van der Waals surface area contributed by atoms with Crippen LogP contribution in [0.3, 0.4) is 0 Å². The molecule has 0 atom stereocenters. The summed E-state index contributed by atoms with van der Waals surface area (Å²) in [5, 5.41) is 0. The molecule has 0 aromatic heterocycles. The number of carbonyl (C=O) groups excluding carboxylic acids is 1. The average molecular weight is 190 g/mol. The minimum absolute atomic E-state index is 0.113. The number of para-hydroxylation sites is 1. The predicted octanol–water partition coefficient (Wildman–Crippen LogP) is 2.41. The van der Waals surface area contributed by atoms with Crippen molar-refractivity contribution < 1.29 is 9.53 Å². The van der Waals surface area contributed by atoms with Crippen LogP contribution in [0.25, 0.3) is 0 Å². The van der Waals surface area contributed by atoms with Crippen molar-refractivity contribution in [1.82, 2.24) is 0 Å². The van der Waals surface area contributed by atoms with Crippen LogP contribution in [-0.2, 0) is 4.79 Å². The second kappa shape index (κ2) is 3.45. The van der Waals surface area contributed by atoms with Crippen LogP contribution in [0.4, 0.5) is 0 Å². The number of hydrogen-bond acceptors (Lipinski definition) is 2. The van der Waals surface area contributed by atoms with E-state index in [0.717, 1.165) is 16.9 Å². The van der Waals surface area contributed by atoms with Crippen LogP contribution in [0.15, 0.2) is 18.2 Å². The van der Waals surface area contributed by atoms with Gasteiger partial charge in [-0.15, -0.1) is 0 Å². The lowest BCUT2D eigenvalue weighted by Crippen LogP contribution is -2.34. The molecular formula is C12H14O2. The Labute approximate surface area is 83.9 Å². The van der Waals surface area contributed by atoms with Crippen molar-refractivity contribution in [1.29, 1.82) is 0 Å². The summed E-state index contributed by atoms with van der Waals surface area (Å²) >= 11 is 0. The molecule has 2 nitrogen and oxygen atoms in total. The van der Waals surface area contributed by atoms with Crippen LogP contribution >= 0.6 is 0 Å². The molecule has 0 unspecified atom stereocenters. The van der Waals surface area contributed by atoms with E-state index in [0.29, 0.717) is 18.6 Å². The summed E-state index contributed by atoms with van der Waals surface area (Å²) in [6, 6.07) is 6.08. The molecule has 1 aromatic rings. The summed E-state index contributed by atoms with van der Waals surface area (Å²) in [5.74, 6) is 1.26. The Morgan fingerprint density at radius 3 is 2.29 bits per heavy atom. The Morgan fingerprint density at radius 1 is 1.21 bits per heavy atom. The van der Waals surface area contributed by atoms with Crippen molar-refractivity contribution in [3.8, 4) is 5.75 Å². The fourth-order valence-corrected chi connectivity index (χ4v) is 1.68. The molecule has 74 valence electrons. The van der Waals surface area contributed by atoms with E-state index in [9.17, 15) is 4.79 Å². The van der Waals surface area contributed by atoms with Gasteiger partial charge in [0.15, 0.2) is 0 Å². The van der Waals surface area contributed by atoms with Gasteiger partial charge < -0.3 is 4.74 Å². The van der Waals surface area contributed by atoms with Gasteiger partial charge in [-0.2, -0.15) is 0 Å². The summed E-state index contributed by atoms with van der Waals surface area (Å²) in [6.45, 7) is 4.06. The van der Waals surface area contributed by atoms with Crippen LogP contribution in [-0.4, -0.2) is 11.9 Å². The third kappa shape index (κ3) is 1.65. The minimum atomic E-state index is 0.113. The Bertz CT molecular complexity index is 340. The molecule has 0 spiro atoms. The van der Waals surface area contributed by atoms with E-state index >= 15 is 0 Å². The first-order valence-corrected chi connectivity index (χ1v) is 4.91. The van der Waals surface area contributed by atoms with Gasteiger partial charge in [0.05, 0.1) is 0 Å². The second-order valence-corrected chi connectivity index (χ2v) is 3.91. The van der Waals surface area contributed by atoms with E-state index in [2.05, 4.69) is 0 Å². The van der Waals surface area contributed by atoms with E-state index in [-0.39, 0.29) is 6.10 Å². The van der Waals surface area contributed by atoms with Crippen LogP contribution < -0.4 is 4.74 Å². The number of Topliss-reactive ketones (excluding diaryl/α,β-unsaturated/α-hetero) is 1. The smallest absolute Gasteiger partial charge is 0.140 e. The van der Waals surface area contributed by atoms with Crippen LogP contribution in [0.1, 0.15) is 24.0 Å². The molecule has 0 N–H and O–H groups in total. The lowest BCUT2D eigenvalue weighted by atomic mass is 9.94. The quantitative estimate of drug-likeness (QED) is 0.715. The zero-order valence-corrected chi connectivity index (χ0v) is 8.54. The maximum absolute atomic E-state index is 10.8. The van der Waals surface area contributed by atoms with Gasteiger partial charge in [-0.3, -0.25) is 4.79 Å². The predicted molar refractivity (Wildman–Crippen MR) is 54.6 cm³/mol. The third-order valence-electron chi connectivity index (χ3n) is 2.60. The van der Waals surface area contributed by atoms with E-state index in [1.54, 1.807) is 0 Å². The Hall–Kier alpha value is -1.31. The highest BCUT2D eigenvalue weighted by Gasteiger charge is 2.28. The first-order chi connectivity index (χ1) is 6.66. The number of benzene rings is 1. The molecule has 0 heterocycles. The van der Waals surface area contributed by atoms with Crippen LogP contribution in [0.5, 0.6) is 5.75 Å². The molecule has 0 bridgehead atoms. The Morgan fingerprint density at radius 2 is 1.79 bits per heavy atom. The number of ketones is 1. The minimum Gasteiger partial charge on any atom is -0.489 e. The molecule has 1 fully saturated rings. The monoisotopic (exact) mass is 190 g/mol. The zero-order valence-electron chi connectivity index (χ0n) is 8.54. The molecule has 1 aromatic carbocycles. The van der Waals surface area contributed by atoms with Crippen LogP contribution in [0.2, 0.25) is 0 Å². The number of carbonyl (C=O) groups is 1. The lowest BCUT2D eigenvalue weighted by molar-refractivity contribution is -0.129. The van der Waals surface area contributed by atoms with E-state index in [1.165, 1.54) is 0 Å². The highest BCUT2D eigenvalue weighted by atomic mass is 16.5. The normalized spacial score (nSPS) is 16.6. The highest BCUT2D eigenvalue weighted by Crippen LogP contribution is 2.28. The van der Waals surface area contributed by atoms with Crippen molar-refractivity contribution in [2.45, 2.75) is 32.8 Å². The molecule has 0 aliphatic heterocycles. The Kier molecular flexibility index (Phi) is 2.28. The number of ether oxygens (including phenoxy) is 1.